The Morgan fingerprint density at radius 3 is 1.82 bits per heavy atom. The van der Waals surface area contributed by atoms with Gasteiger partial charge in [-0.25, -0.2) is 19.6 Å². The van der Waals surface area contributed by atoms with Crippen LogP contribution in [0.4, 0.5) is 38.0 Å². The molecule has 0 spiro atoms. The predicted octanol–water partition coefficient (Wildman–Crippen LogP) is 12.1. The van der Waals surface area contributed by atoms with Gasteiger partial charge in [0.05, 0.1) is 42.3 Å². The second-order valence-corrected chi connectivity index (χ2v) is 15.3. The summed E-state index contributed by atoms with van der Waals surface area (Å²) < 4.78 is 47.9. The van der Waals surface area contributed by atoms with Crippen molar-refractivity contribution in [3.63, 3.8) is 0 Å². The van der Waals surface area contributed by atoms with Crippen LogP contribution >= 0.6 is 48.0 Å². The molecule has 4 aromatic carbocycles. The number of nitrogens with one attached hydrogen (secondary N) is 6. The third kappa shape index (κ3) is 10.1. The number of pyridine rings is 2. The lowest BCUT2D eigenvalue weighted by Crippen LogP contribution is -2.21. The number of aromatic amines is 2. The van der Waals surface area contributed by atoms with E-state index in [1.54, 1.807) is 113 Å². The Morgan fingerprint density at radius 1 is 0.667 bits per heavy atom. The number of hydrogen-bond donors (Lipinski definition) is 6. The minimum absolute atomic E-state index is 0. The number of aromatic nitrogens is 5. The minimum Gasteiger partial charge on any atom is -0.495 e. The molecule has 4 amide bonds. The number of carbonyl (C=O) groups is 2. The summed E-state index contributed by atoms with van der Waals surface area (Å²) in [5.41, 5.74) is 6.57. The van der Waals surface area contributed by atoms with Crippen LogP contribution in [-0.4, -0.2) is 57.3 Å². The molecule has 1 aliphatic rings. The number of ether oxygens (including phenoxy) is 2. The van der Waals surface area contributed by atoms with Gasteiger partial charge in [-0.1, -0.05) is 35.3 Å². The molecular weight excluding hydrogens is 922 g/mol. The summed E-state index contributed by atoms with van der Waals surface area (Å²) in [5, 5.41) is 14.3. The van der Waals surface area contributed by atoms with Crippen molar-refractivity contribution in [2.75, 3.05) is 46.9 Å². The highest BCUT2D eigenvalue weighted by Gasteiger charge is 2.24. The Hall–Kier alpha value is -7.10. The monoisotopic (exact) mass is 968 g/mol. The summed E-state index contributed by atoms with van der Waals surface area (Å²) in [5.74, 6) is 0.969. The van der Waals surface area contributed by atoms with Crippen molar-refractivity contribution in [2.24, 2.45) is 0 Å². The first-order valence-corrected chi connectivity index (χ1v) is 20.7. The molecule has 0 radical (unpaired) electrons. The van der Waals surface area contributed by atoms with E-state index in [1.165, 1.54) is 14.2 Å². The molecule has 0 bridgehead atoms. The fourth-order valence-corrected chi connectivity index (χ4v) is 7.89. The van der Waals surface area contributed by atoms with Crippen LogP contribution in [0.3, 0.4) is 0 Å². The summed E-state index contributed by atoms with van der Waals surface area (Å²) in [4.78, 5) is 41.8. The Balaban J connectivity index is 0.000000201. The van der Waals surface area contributed by atoms with Crippen LogP contribution in [0.1, 0.15) is 22.2 Å². The summed E-state index contributed by atoms with van der Waals surface area (Å²) in [6.45, 7) is -3.16. The highest BCUT2D eigenvalue weighted by molar-refractivity contribution is 6.31. The van der Waals surface area contributed by atoms with Gasteiger partial charge in [0, 0.05) is 93.7 Å². The maximum atomic E-state index is 12.8. The molecule has 6 N–H and O–H groups in total. The van der Waals surface area contributed by atoms with Crippen molar-refractivity contribution in [3.8, 4) is 11.5 Å². The van der Waals surface area contributed by atoms with E-state index in [0.717, 1.165) is 16.6 Å². The van der Waals surface area contributed by atoms with Crippen LogP contribution in [0.5, 0.6) is 11.5 Å². The number of urea groups is 2. The molecule has 338 valence electrons. The van der Waals surface area contributed by atoms with Crippen LogP contribution in [0.25, 0.3) is 33.0 Å². The number of hydrogen-bond acceptors (Lipinski definition) is 7. The first-order valence-electron chi connectivity index (χ1n) is 21.9. The number of anilines is 5. The molecule has 66 heavy (non-hydrogen) atoms. The number of halogens is 4. The third-order valence-electron chi connectivity index (χ3n) is 10.5. The van der Waals surface area contributed by atoms with E-state index >= 15 is 0 Å². The highest BCUT2D eigenvalue weighted by atomic mass is 35.5. The van der Waals surface area contributed by atoms with Gasteiger partial charge in [-0.3, -0.25) is 0 Å². The van der Waals surface area contributed by atoms with Crippen molar-refractivity contribution in [3.05, 3.63) is 161 Å². The summed E-state index contributed by atoms with van der Waals surface area (Å²) >= 11 is 12.1. The van der Waals surface area contributed by atoms with Gasteiger partial charge in [-0.05, 0) is 109 Å². The summed E-state index contributed by atoms with van der Waals surface area (Å²) in [7, 11) is 3.02. The average molecular weight is 971 g/mol. The molecule has 0 saturated heterocycles. The van der Waals surface area contributed by atoms with Crippen molar-refractivity contribution < 1.29 is 24.5 Å². The highest BCUT2D eigenvalue weighted by Crippen LogP contribution is 2.36. The standard InChI is InChI=1S/C24H22ClN5O2.C24H20ClN5O2.2ClH/c2*1-32-22-6-5-16(25)13-20(22)29-24(31)28-19-3-2-4-21-18(19)9-12-30(21)14-15-7-10-26-23-17(15)8-11-27-23;;/h2-8,10-11,13H,9,12,14H2,1H3,(H,26,27)(H2,28,29,31);2-13H,14H2,1H3,(H,26,27)(H2,28,29,31);2*1H/i2*14D2;;. The van der Waals surface area contributed by atoms with Gasteiger partial charge in [0.2, 0.25) is 0 Å². The number of nitrogens with zero attached hydrogens (tertiary/aromatic N) is 4. The average Bonchev–Trinajstić information content (AvgIpc) is 4.16. The smallest absolute Gasteiger partial charge is 0.323 e. The first-order chi connectivity index (χ1) is 32.8. The second kappa shape index (κ2) is 20.8. The lowest BCUT2D eigenvalue weighted by molar-refractivity contribution is 0.261. The number of H-pyrrole nitrogens is 2. The largest absolute Gasteiger partial charge is 0.495 e. The molecule has 10 rings (SSSR count). The van der Waals surface area contributed by atoms with Gasteiger partial charge >= 0.3 is 12.1 Å². The fraction of sp³-hybridized carbons (Fsp3) is 0.125. The van der Waals surface area contributed by atoms with E-state index in [0.29, 0.717) is 96.0 Å². The Morgan fingerprint density at radius 2 is 1.21 bits per heavy atom. The number of rotatable bonds is 10. The van der Waals surface area contributed by atoms with E-state index in [4.69, 9.17) is 38.2 Å². The molecular formula is C48H44Cl4N10O4. The van der Waals surface area contributed by atoms with E-state index in [2.05, 4.69) is 41.2 Å². The molecule has 14 nitrogen and oxygen atoms in total. The molecule has 0 aliphatic carbocycles. The zero-order valence-corrected chi connectivity index (χ0v) is 38.3. The molecule has 0 unspecified atom stereocenters. The molecule has 18 heteroatoms. The fourth-order valence-electron chi connectivity index (χ4n) is 7.54. The van der Waals surface area contributed by atoms with Gasteiger partial charge in [-0.2, -0.15) is 0 Å². The number of carbonyl (C=O) groups excluding carboxylic acids is 2. The Bertz CT molecular complexity index is 3370. The number of fused-ring (bicyclic) bond motifs is 4. The van der Waals surface area contributed by atoms with E-state index in [1.807, 2.05) is 30.3 Å². The zero-order chi connectivity index (χ0) is 47.7. The van der Waals surface area contributed by atoms with E-state index in [9.17, 15) is 9.59 Å². The van der Waals surface area contributed by atoms with Gasteiger partial charge in [0.25, 0.3) is 0 Å². The maximum absolute atomic E-state index is 12.8. The summed E-state index contributed by atoms with van der Waals surface area (Å²) in [6, 6.07) is 28.6. The van der Waals surface area contributed by atoms with E-state index < -0.39 is 25.1 Å². The maximum Gasteiger partial charge on any atom is 0.323 e. The molecule has 0 saturated carbocycles. The number of methoxy groups -OCH3 is 2. The third-order valence-corrected chi connectivity index (χ3v) is 11.0. The Kier molecular flexibility index (Phi) is 13.1. The van der Waals surface area contributed by atoms with Crippen molar-refractivity contribution in [2.45, 2.75) is 19.4 Å². The lowest BCUT2D eigenvalue weighted by atomic mass is 10.1. The molecule has 1 aliphatic heterocycles. The van der Waals surface area contributed by atoms with Gasteiger partial charge in [0.1, 0.15) is 22.8 Å². The van der Waals surface area contributed by atoms with Crippen LogP contribution in [0.15, 0.2) is 134 Å². The predicted molar refractivity (Wildman–Crippen MR) is 270 cm³/mol. The molecule has 9 aromatic rings. The van der Waals surface area contributed by atoms with Crippen molar-refractivity contribution >= 4 is 121 Å². The van der Waals surface area contributed by atoms with E-state index in [-0.39, 0.29) is 24.8 Å². The SMILES string of the molecule is Cl.Cl.[2H]C([2H])(c1ccnc2[nH]ccc12)N1CCc2c(NC(=O)Nc3cc(Cl)ccc3OC)cccc21.[2H]C([2H])(c1ccnc2[nH]ccc12)n1ccc2c(NC(=O)Nc3cc(Cl)ccc3OC)cccc21. The van der Waals surface area contributed by atoms with Crippen LogP contribution in [0, 0.1) is 0 Å². The quantitative estimate of drug-likeness (QED) is 0.0793. The topological polar surface area (TPSA) is 166 Å². The molecule has 5 aromatic heterocycles. The van der Waals surface area contributed by atoms with Crippen molar-refractivity contribution in [1.82, 2.24) is 24.5 Å². The molecule has 0 atom stereocenters. The van der Waals surface area contributed by atoms with Gasteiger partial charge in [0.15, 0.2) is 0 Å². The Labute approximate surface area is 407 Å². The van der Waals surface area contributed by atoms with Gasteiger partial charge in [-0.15, -0.1) is 24.8 Å². The first kappa shape index (κ1) is 41.6. The molecule has 0 fully saturated rings. The van der Waals surface area contributed by atoms with Gasteiger partial charge < -0.3 is 50.2 Å². The van der Waals surface area contributed by atoms with Crippen LogP contribution in [0.2, 0.25) is 10.0 Å². The number of benzene rings is 4. The van der Waals surface area contributed by atoms with Crippen LogP contribution in [-0.2, 0) is 19.4 Å². The minimum atomic E-state index is -1.86. The van der Waals surface area contributed by atoms with Crippen molar-refractivity contribution in [1.29, 1.82) is 0 Å². The summed E-state index contributed by atoms with van der Waals surface area (Å²) in [6.07, 6.45) is 8.94. The lowest BCUT2D eigenvalue weighted by Gasteiger charge is -2.20. The second-order valence-electron chi connectivity index (χ2n) is 14.4. The number of amides is 4. The normalized spacial score (nSPS) is 12.8. The zero-order valence-electron chi connectivity index (χ0n) is 39.1. The molecule has 6 heterocycles. The van der Waals surface area contributed by atoms with Crippen LogP contribution < -0.4 is 35.6 Å².